The molecule has 1 aromatic carbocycles. The van der Waals surface area contributed by atoms with Crippen LogP contribution in [0.2, 0.25) is 0 Å². The van der Waals surface area contributed by atoms with Crippen LogP contribution in [0.1, 0.15) is 36.0 Å². The number of carbonyl (C=O) groups excluding carboxylic acids is 2. The zero-order chi connectivity index (χ0) is 17.2. The minimum atomic E-state index is -0.322. The largest absolute Gasteiger partial charge is 0.377 e. The summed E-state index contributed by atoms with van der Waals surface area (Å²) in [4.78, 5) is 25.8. The molecule has 3 rings (SSSR count). The van der Waals surface area contributed by atoms with Crippen molar-refractivity contribution in [1.82, 2.24) is 10.2 Å². The van der Waals surface area contributed by atoms with Crippen molar-refractivity contribution in [2.75, 3.05) is 20.2 Å². The van der Waals surface area contributed by atoms with Crippen LogP contribution in [0.5, 0.6) is 0 Å². The highest BCUT2D eigenvalue weighted by Gasteiger charge is 2.51. The van der Waals surface area contributed by atoms with Crippen LogP contribution in [0.15, 0.2) is 30.3 Å². The van der Waals surface area contributed by atoms with Gasteiger partial charge in [0.25, 0.3) is 5.91 Å². The standard InChI is InChI=1S/C18H25N3O3/c1-24-18-8-7-14(20-17(23)13-5-3-2-4-6-13)11-15(18)21(10-9-18)12-16(19)22/h2-6,14-15H,7-12H2,1H3,(H2,19,22)(H,20,23)/t14-,15+,18-/m1/s1. The highest BCUT2D eigenvalue weighted by Crippen LogP contribution is 2.42. The van der Waals surface area contributed by atoms with Gasteiger partial charge in [-0.2, -0.15) is 0 Å². The maximum atomic E-state index is 12.4. The highest BCUT2D eigenvalue weighted by atomic mass is 16.5. The summed E-state index contributed by atoms with van der Waals surface area (Å²) in [5.41, 5.74) is 5.83. The van der Waals surface area contributed by atoms with Crippen molar-refractivity contribution < 1.29 is 14.3 Å². The maximum Gasteiger partial charge on any atom is 0.251 e. The number of carbonyl (C=O) groups is 2. The van der Waals surface area contributed by atoms with E-state index in [1.807, 2.05) is 30.3 Å². The van der Waals surface area contributed by atoms with E-state index in [4.69, 9.17) is 10.5 Å². The number of benzene rings is 1. The number of nitrogens with two attached hydrogens (primary N) is 1. The number of nitrogens with zero attached hydrogens (tertiary/aromatic N) is 1. The smallest absolute Gasteiger partial charge is 0.251 e. The molecule has 1 saturated heterocycles. The number of hydrogen-bond acceptors (Lipinski definition) is 4. The normalized spacial score (nSPS) is 29.9. The van der Waals surface area contributed by atoms with Gasteiger partial charge in [-0.1, -0.05) is 18.2 Å². The molecule has 3 atom stereocenters. The minimum absolute atomic E-state index is 0.0510. The molecule has 2 aliphatic rings. The Kier molecular flexibility index (Phi) is 4.87. The molecule has 0 bridgehead atoms. The summed E-state index contributed by atoms with van der Waals surface area (Å²) in [6.07, 6.45) is 3.44. The zero-order valence-corrected chi connectivity index (χ0v) is 14.0. The van der Waals surface area contributed by atoms with Gasteiger partial charge in [0.05, 0.1) is 12.1 Å². The van der Waals surface area contributed by atoms with Gasteiger partial charge in [0.1, 0.15) is 0 Å². The minimum Gasteiger partial charge on any atom is -0.377 e. The Balaban J connectivity index is 1.68. The van der Waals surface area contributed by atoms with Crippen LogP contribution in [0.3, 0.4) is 0 Å². The number of fused-ring (bicyclic) bond motifs is 1. The monoisotopic (exact) mass is 331 g/mol. The molecule has 0 spiro atoms. The van der Waals surface area contributed by atoms with E-state index in [2.05, 4.69) is 10.2 Å². The predicted octanol–water partition coefficient (Wildman–Crippen LogP) is 0.914. The molecule has 3 N–H and O–H groups in total. The molecule has 2 amide bonds. The quantitative estimate of drug-likeness (QED) is 0.840. The fourth-order valence-electron chi connectivity index (χ4n) is 4.17. The molecule has 130 valence electrons. The maximum absolute atomic E-state index is 12.4. The summed E-state index contributed by atoms with van der Waals surface area (Å²) in [6.45, 7) is 1.05. The predicted molar refractivity (Wildman–Crippen MR) is 90.5 cm³/mol. The molecule has 1 aliphatic heterocycles. The molecule has 2 fully saturated rings. The fourth-order valence-corrected chi connectivity index (χ4v) is 4.17. The number of rotatable bonds is 5. The molecule has 1 saturated carbocycles. The summed E-state index contributed by atoms with van der Waals surface area (Å²) in [6, 6.07) is 9.43. The average molecular weight is 331 g/mol. The summed E-state index contributed by atoms with van der Waals surface area (Å²) in [7, 11) is 1.74. The lowest BCUT2D eigenvalue weighted by atomic mass is 9.78. The highest BCUT2D eigenvalue weighted by molar-refractivity contribution is 5.94. The molecule has 0 unspecified atom stereocenters. The first-order valence-corrected chi connectivity index (χ1v) is 8.47. The van der Waals surface area contributed by atoms with E-state index in [-0.39, 0.29) is 36.0 Å². The van der Waals surface area contributed by atoms with Gasteiger partial charge in [0.15, 0.2) is 0 Å². The molecule has 6 heteroatoms. The van der Waals surface area contributed by atoms with Crippen molar-refractivity contribution in [3.63, 3.8) is 0 Å². The Morgan fingerprint density at radius 2 is 2.08 bits per heavy atom. The Morgan fingerprint density at radius 1 is 1.33 bits per heavy atom. The summed E-state index contributed by atoms with van der Waals surface area (Å²) in [5, 5.41) is 3.13. The van der Waals surface area contributed by atoms with Crippen LogP contribution in [0, 0.1) is 0 Å². The van der Waals surface area contributed by atoms with Crippen molar-refractivity contribution >= 4 is 11.8 Å². The van der Waals surface area contributed by atoms with Gasteiger partial charge in [-0.3, -0.25) is 14.5 Å². The molecular formula is C18H25N3O3. The van der Waals surface area contributed by atoms with Crippen LogP contribution in [-0.4, -0.2) is 54.6 Å². The molecule has 1 aliphatic carbocycles. The molecular weight excluding hydrogens is 306 g/mol. The molecule has 1 heterocycles. The number of likely N-dealkylation sites (tertiary alicyclic amines) is 1. The van der Waals surface area contributed by atoms with Crippen LogP contribution in [-0.2, 0) is 9.53 Å². The topological polar surface area (TPSA) is 84.7 Å². The fraction of sp³-hybridized carbons (Fsp3) is 0.556. The lowest BCUT2D eigenvalue weighted by molar-refractivity contribution is -0.121. The van der Waals surface area contributed by atoms with Gasteiger partial charge in [-0.05, 0) is 37.8 Å². The van der Waals surface area contributed by atoms with Gasteiger partial charge in [0.2, 0.25) is 5.91 Å². The van der Waals surface area contributed by atoms with Gasteiger partial charge in [0, 0.05) is 31.3 Å². The first-order chi connectivity index (χ1) is 11.5. The number of amides is 2. The van der Waals surface area contributed by atoms with E-state index < -0.39 is 0 Å². The molecule has 24 heavy (non-hydrogen) atoms. The lowest BCUT2D eigenvalue weighted by Gasteiger charge is -2.43. The second kappa shape index (κ2) is 6.91. The lowest BCUT2D eigenvalue weighted by Crippen LogP contribution is -2.55. The number of ether oxygens (including phenoxy) is 1. The Labute approximate surface area is 142 Å². The van der Waals surface area contributed by atoms with E-state index in [9.17, 15) is 9.59 Å². The van der Waals surface area contributed by atoms with Crippen molar-refractivity contribution in [3.05, 3.63) is 35.9 Å². The summed E-state index contributed by atoms with van der Waals surface area (Å²) < 4.78 is 5.85. The van der Waals surface area contributed by atoms with Crippen molar-refractivity contribution in [2.45, 2.75) is 43.4 Å². The van der Waals surface area contributed by atoms with E-state index in [1.54, 1.807) is 7.11 Å². The Hall–Kier alpha value is -1.92. The van der Waals surface area contributed by atoms with Crippen LogP contribution in [0.25, 0.3) is 0 Å². The molecule has 1 aromatic rings. The van der Waals surface area contributed by atoms with E-state index in [1.165, 1.54) is 0 Å². The number of methoxy groups -OCH3 is 1. The Morgan fingerprint density at radius 3 is 2.75 bits per heavy atom. The molecule has 0 aromatic heterocycles. The zero-order valence-electron chi connectivity index (χ0n) is 14.0. The van der Waals surface area contributed by atoms with Gasteiger partial charge < -0.3 is 15.8 Å². The van der Waals surface area contributed by atoms with Gasteiger partial charge in [-0.25, -0.2) is 0 Å². The van der Waals surface area contributed by atoms with Crippen LogP contribution < -0.4 is 11.1 Å². The SMILES string of the molecule is CO[C@@]12CC[C@@H](NC(=O)c3ccccc3)C[C@@H]1N(CC(N)=O)CC2. The molecule has 0 radical (unpaired) electrons. The van der Waals surface area contributed by atoms with Crippen molar-refractivity contribution in [1.29, 1.82) is 0 Å². The first kappa shape index (κ1) is 16.9. The Bertz CT molecular complexity index is 607. The summed E-state index contributed by atoms with van der Waals surface area (Å²) in [5.74, 6) is -0.373. The first-order valence-electron chi connectivity index (χ1n) is 8.47. The molecule has 6 nitrogen and oxygen atoms in total. The third-order valence-electron chi connectivity index (χ3n) is 5.43. The second-order valence-corrected chi connectivity index (χ2v) is 6.78. The number of primary amides is 1. The van der Waals surface area contributed by atoms with Crippen molar-refractivity contribution in [3.8, 4) is 0 Å². The average Bonchev–Trinajstić information content (AvgIpc) is 2.94. The second-order valence-electron chi connectivity index (χ2n) is 6.78. The van der Waals surface area contributed by atoms with E-state index >= 15 is 0 Å². The van der Waals surface area contributed by atoms with Crippen molar-refractivity contribution in [2.24, 2.45) is 5.73 Å². The van der Waals surface area contributed by atoms with E-state index in [0.717, 1.165) is 32.2 Å². The van der Waals surface area contributed by atoms with Crippen LogP contribution in [0.4, 0.5) is 0 Å². The third kappa shape index (κ3) is 3.30. The van der Waals surface area contributed by atoms with E-state index in [0.29, 0.717) is 5.56 Å². The summed E-state index contributed by atoms with van der Waals surface area (Å²) >= 11 is 0. The van der Waals surface area contributed by atoms with Gasteiger partial charge >= 0.3 is 0 Å². The van der Waals surface area contributed by atoms with Gasteiger partial charge in [-0.15, -0.1) is 0 Å². The number of hydrogen-bond donors (Lipinski definition) is 2. The third-order valence-corrected chi connectivity index (χ3v) is 5.43. The number of nitrogens with one attached hydrogen (secondary N) is 1. The van der Waals surface area contributed by atoms with Crippen LogP contribution >= 0.6 is 0 Å².